The SMILES string of the molecule is CN1C(=O)CCC1C(=O)Nc1ccc2nc(SCC(=O)NC3CCOC3)sc2c1. The van der Waals surface area contributed by atoms with Gasteiger partial charge in [-0.2, -0.15) is 0 Å². The normalized spacial score (nSPS) is 21.7. The Bertz CT molecular complexity index is 941. The summed E-state index contributed by atoms with van der Waals surface area (Å²) in [7, 11) is 1.66. The first-order chi connectivity index (χ1) is 14.0. The van der Waals surface area contributed by atoms with E-state index in [1.54, 1.807) is 13.1 Å². The summed E-state index contributed by atoms with van der Waals surface area (Å²) in [6.45, 7) is 1.28. The van der Waals surface area contributed by atoms with Gasteiger partial charge in [0.2, 0.25) is 17.7 Å². The molecule has 2 aromatic rings. The minimum atomic E-state index is -0.422. The summed E-state index contributed by atoms with van der Waals surface area (Å²) in [4.78, 5) is 42.2. The van der Waals surface area contributed by atoms with Crippen LogP contribution in [-0.2, 0) is 19.1 Å². The highest BCUT2D eigenvalue weighted by Gasteiger charge is 2.33. The highest BCUT2D eigenvalue weighted by Crippen LogP contribution is 2.31. The van der Waals surface area contributed by atoms with E-state index in [4.69, 9.17) is 4.74 Å². The minimum absolute atomic E-state index is 0.00535. The first-order valence-corrected chi connectivity index (χ1v) is 11.3. The molecule has 4 rings (SSSR count). The molecule has 8 nitrogen and oxygen atoms in total. The van der Waals surface area contributed by atoms with E-state index in [2.05, 4.69) is 15.6 Å². The van der Waals surface area contributed by atoms with Crippen molar-refractivity contribution in [2.24, 2.45) is 0 Å². The number of nitrogens with one attached hydrogen (secondary N) is 2. The standard InChI is InChI=1S/C19H22N4O4S2/c1-23-14(4-5-17(23)25)18(26)21-11-2-3-13-15(8-11)29-19(22-13)28-10-16(24)20-12-6-7-27-9-12/h2-3,8,12,14H,4-7,9-10H2,1H3,(H,20,24)(H,21,26). The number of carbonyl (C=O) groups is 3. The van der Waals surface area contributed by atoms with E-state index in [9.17, 15) is 14.4 Å². The summed E-state index contributed by atoms with van der Waals surface area (Å²) < 4.78 is 7.01. The van der Waals surface area contributed by atoms with Crippen molar-refractivity contribution in [3.05, 3.63) is 18.2 Å². The maximum Gasteiger partial charge on any atom is 0.247 e. The van der Waals surface area contributed by atoms with Gasteiger partial charge < -0.3 is 20.3 Å². The second kappa shape index (κ2) is 8.68. The molecule has 1 aromatic carbocycles. The summed E-state index contributed by atoms with van der Waals surface area (Å²) in [5, 5.41) is 5.85. The third-order valence-electron chi connectivity index (χ3n) is 5.05. The van der Waals surface area contributed by atoms with E-state index in [-0.39, 0.29) is 23.8 Å². The third-order valence-corrected chi connectivity index (χ3v) is 7.21. The molecule has 2 fully saturated rings. The summed E-state index contributed by atoms with van der Waals surface area (Å²) in [6, 6.07) is 5.22. The summed E-state index contributed by atoms with van der Waals surface area (Å²) in [6.07, 6.45) is 1.81. The molecule has 2 unspecified atom stereocenters. The van der Waals surface area contributed by atoms with Crippen LogP contribution >= 0.6 is 23.1 Å². The van der Waals surface area contributed by atoms with Crippen molar-refractivity contribution in [3.63, 3.8) is 0 Å². The van der Waals surface area contributed by atoms with E-state index >= 15 is 0 Å². The fourth-order valence-electron chi connectivity index (χ4n) is 3.42. The molecule has 2 atom stereocenters. The van der Waals surface area contributed by atoms with Crippen LogP contribution in [0.2, 0.25) is 0 Å². The molecule has 0 radical (unpaired) electrons. The molecule has 2 aliphatic rings. The molecule has 2 aliphatic heterocycles. The molecular weight excluding hydrogens is 412 g/mol. The Morgan fingerprint density at radius 3 is 2.97 bits per heavy atom. The maximum absolute atomic E-state index is 12.5. The van der Waals surface area contributed by atoms with Gasteiger partial charge in [0.1, 0.15) is 6.04 Å². The van der Waals surface area contributed by atoms with Gasteiger partial charge in [0.15, 0.2) is 4.34 Å². The van der Waals surface area contributed by atoms with Crippen molar-refractivity contribution in [3.8, 4) is 0 Å². The molecule has 29 heavy (non-hydrogen) atoms. The van der Waals surface area contributed by atoms with Crippen molar-refractivity contribution in [1.82, 2.24) is 15.2 Å². The highest BCUT2D eigenvalue weighted by molar-refractivity contribution is 8.01. The number of thioether (sulfide) groups is 1. The number of aromatic nitrogens is 1. The second-order valence-electron chi connectivity index (χ2n) is 7.13. The van der Waals surface area contributed by atoms with Gasteiger partial charge in [-0.05, 0) is 31.0 Å². The monoisotopic (exact) mass is 434 g/mol. The molecule has 0 saturated carbocycles. The Morgan fingerprint density at radius 2 is 2.24 bits per heavy atom. The van der Waals surface area contributed by atoms with Crippen LogP contribution in [0.4, 0.5) is 5.69 Å². The van der Waals surface area contributed by atoms with Crippen molar-refractivity contribution in [2.45, 2.75) is 35.7 Å². The van der Waals surface area contributed by atoms with Crippen molar-refractivity contribution in [2.75, 3.05) is 31.3 Å². The quantitative estimate of drug-likeness (QED) is 0.673. The summed E-state index contributed by atoms with van der Waals surface area (Å²) in [5.41, 5.74) is 1.50. The van der Waals surface area contributed by atoms with Crippen LogP contribution in [-0.4, -0.2) is 65.7 Å². The van der Waals surface area contributed by atoms with Crippen LogP contribution in [0.25, 0.3) is 10.2 Å². The van der Waals surface area contributed by atoms with E-state index in [0.29, 0.717) is 37.5 Å². The smallest absolute Gasteiger partial charge is 0.247 e. The molecule has 1 aromatic heterocycles. The number of rotatable bonds is 6. The molecular formula is C19H22N4O4S2. The zero-order valence-corrected chi connectivity index (χ0v) is 17.6. The number of hydrogen-bond donors (Lipinski definition) is 2. The topological polar surface area (TPSA) is 101 Å². The number of amides is 3. The van der Waals surface area contributed by atoms with Crippen molar-refractivity contribution < 1.29 is 19.1 Å². The highest BCUT2D eigenvalue weighted by atomic mass is 32.2. The van der Waals surface area contributed by atoms with Crippen LogP contribution in [0.5, 0.6) is 0 Å². The maximum atomic E-state index is 12.5. The molecule has 0 aliphatic carbocycles. The van der Waals surface area contributed by atoms with Gasteiger partial charge in [0, 0.05) is 25.8 Å². The van der Waals surface area contributed by atoms with Crippen molar-refractivity contribution in [1.29, 1.82) is 0 Å². The van der Waals surface area contributed by atoms with Gasteiger partial charge in [-0.3, -0.25) is 14.4 Å². The Morgan fingerprint density at radius 1 is 1.38 bits per heavy atom. The van der Waals surface area contributed by atoms with E-state index in [1.807, 2.05) is 12.1 Å². The van der Waals surface area contributed by atoms with Gasteiger partial charge in [-0.15, -0.1) is 11.3 Å². The molecule has 0 bridgehead atoms. The van der Waals surface area contributed by atoms with Crippen LogP contribution in [0.1, 0.15) is 19.3 Å². The zero-order chi connectivity index (χ0) is 20.4. The predicted octanol–water partition coefficient (Wildman–Crippen LogP) is 1.85. The average Bonchev–Trinajstić information content (AvgIpc) is 3.41. The lowest BCUT2D eigenvalue weighted by atomic mass is 10.2. The van der Waals surface area contributed by atoms with E-state index in [1.165, 1.54) is 28.0 Å². The Balaban J connectivity index is 1.35. The van der Waals surface area contributed by atoms with Gasteiger partial charge in [-0.1, -0.05) is 11.8 Å². The molecule has 2 saturated heterocycles. The molecule has 2 N–H and O–H groups in total. The number of ether oxygens (including phenoxy) is 1. The molecule has 154 valence electrons. The van der Waals surface area contributed by atoms with E-state index in [0.717, 1.165) is 21.0 Å². The number of thiazole rings is 1. The second-order valence-corrected chi connectivity index (χ2v) is 9.38. The molecule has 3 amide bonds. The van der Waals surface area contributed by atoms with Crippen LogP contribution in [0.15, 0.2) is 22.5 Å². The number of anilines is 1. The Hall–Kier alpha value is -2.17. The fraction of sp³-hybridized carbons (Fsp3) is 0.474. The number of nitrogens with zero attached hydrogens (tertiary/aromatic N) is 2. The van der Waals surface area contributed by atoms with Gasteiger partial charge in [0.25, 0.3) is 0 Å². The molecule has 10 heteroatoms. The number of benzene rings is 1. The fourth-order valence-corrected chi connectivity index (χ4v) is 5.34. The van der Waals surface area contributed by atoms with Gasteiger partial charge in [-0.25, -0.2) is 4.98 Å². The Labute approximate surface area is 176 Å². The lowest BCUT2D eigenvalue weighted by molar-refractivity contribution is -0.131. The zero-order valence-electron chi connectivity index (χ0n) is 16.0. The summed E-state index contributed by atoms with van der Waals surface area (Å²) in [5.74, 6) is 0.105. The van der Waals surface area contributed by atoms with Crippen molar-refractivity contribution >= 4 is 56.7 Å². The predicted molar refractivity (Wildman–Crippen MR) is 112 cm³/mol. The lowest BCUT2D eigenvalue weighted by Gasteiger charge is -2.19. The number of hydrogen-bond acceptors (Lipinski definition) is 7. The third kappa shape index (κ3) is 4.71. The number of fused-ring (bicyclic) bond motifs is 1. The first-order valence-electron chi connectivity index (χ1n) is 9.46. The Kier molecular flexibility index (Phi) is 6.02. The number of likely N-dealkylation sites (tertiary alicyclic amines) is 1. The van der Waals surface area contributed by atoms with Gasteiger partial charge in [0.05, 0.1) is 28.6 Å². The van der Waals surface area contributed by atoms with Gasteiger partial charge >= 0.3 is 0 Å². The first kappa shape index (κ1) is 20.1. The summed E-state index contributed by atoms with van der Waals surface area (Å²) >= 11 is 2.89. The lowest BCUT2D eigenvalue weighted by Crippen LogP contribution is -2.38. The van der Waals surface area contributed by atoms with Crippen LogP contribution in [0, 0.1) is 0 Å². The van der Waals surface area contributed by atoms with Crippen LogP contribution in [0.3, 0.4) is 0 Å². The number of likely N-dealkylation sites (N-methyl/N-ethyl adjacent to an activating group) is 1. The van der Waals surface area contributed by atoms with E-state index < -0.39 is 6.04 Å². The largest absolute Gasteiger partial charge is 0.379 e. The van der Waals surface area contributed by atoms with Crippen LogP contribution < -0.4 is 10.6 Å². The average molecular weight is 435 g/mol. The minimum Gasteiger partial charge on any atom is -0.379 e. The molecule has 3 heterocycles. The number of carbonyl (C=O) groups excluding carboxylic acids is 3. The molecule has 0 spiro atoms.